The van der Waals surface area contributed by atoms with Gasteiger partial charge in [-0.3, -0.25) is 5.32 Å². The maximum absolute atomic E-state index is 9.09. The van der Waals surface area contributed by atoms with Crippen molar-refractivity contribution in [3.05, 3.63) is 0 Å². The zero-order valence-electron chi connectivity index (χ0n) is 8.93. The summed E-state index contributed by atoms with van der Waals surface area (Å²) in [6, 6.07) is 2.85. The van der Waals surface area contributed by atoms with E-state index in [4.69, 9.17) is 5.26 Å². The fraction of sp³-hybridized carbons (Fsp3) is 0.909. The van der Waals surface area contributed by atoms with Crippen LogP contribution >= 0.6 is 0 Å². The highest BCUT2D eigenvalue weighted by Crippen LogP contribution is 2.40. The first-order valence-electron chi connectivity index (χ1n) is 5.24. The average molecular weight is 180 g/mol. The van der Waals surface area contributed by atoms with Gasteiger partial charge in [0.1, 0.15) is 6.04 Å². The van der Waals surface area contributed by atoms with Crippen molar-refractivity contribution in [1.82, 2.24) is 5.32 Å². The van der Waals surface area contributed by atoms with Crippen molar-refractivity contribution >= 4 is 0 Å². The van der Waals surface area contributed by atoms with Crippen LogP contribution in [0.5, 0.6) is 0 Å². The van der Waals surface area contributed by atoms with Crippen LogP contribution in [-0.4, -0.2) is 12.1 Å². The minimum absolute atomic E-state index is 0.0370. The summed E-state index contributed by atoms with van der Waals surface area (Å²) in [5, 5.41) is 12.4. The predicted molar refractivity (Wildman–Crippen MR) is 54.2 cm³/mol. The molecule has 0 aromatic heterocycles. The monoisotopic (exact) mass is 180 g/mol. The summed E-state index contributed by atoms with van der Waals surface area (Å²) >= 11 is 0. The number of nitrogens with zero attached hydrogens (tertiary/aromatic N) is 1. The van der Waals surface area contributed by atoms with Gasteiger partial charge in [0, 0.05) is 6.04 Å². The highest BCUT2D eigenvalue weighted by molar-refractivity contribution is 5.04. The van der Waals surface area contributed by atoms with Gasteiger partial charge in [0.25, 0.3) is 0 Å². The Balaban J connectivity index is 2.60. The molecule has 1 saturated carbocycles. The predicted octanol–water partition coefficient (Wildman–Crippen LogP) is 2.46. The lowest BCUT2D eigenvalue weighted by Gasteiger charge is -2.31. The highest BCUT2D eigenvalue weighted by atomic mass is 15.0. The molecule has 0 radical (unpaired) electrons. The number of nitrogens with one attached hydrogen (secondary N) is 1. The minimum Gasteiger partial charge on any atom is -0.299 e. The van der Waals surface area contributed by atoms with E-state index in [1.807, 2.05) is 0 Å². The van der Waals surface area contributed by atoms with Crippen LogP contribution in [0.4, 0.5) is 0 Å². The average Bonchev–Trinajstić information content (AvgIpc) is 2.48. The van der Waals surface area contributed by atoms with Crippen LogP contribution in [-0.2, 0) is 0 Å². The Bertz CT molecular complexity index is 197. The van der Waals surface area contributed by atoms with Crippen LogP contribution in [0.1, 0.15) is 46.5 Å². The molecule has 0 bridgehead atoms. The topological polar surface area (TPSA) is 35.8 Å². The van der Waals surface area contributed by atoms with E-state index in [-0.39, 0.29) is 11.5 Å². The third-order valence-corrected chi connectivity index (χ3v) is 3.07. The highest BCUT2D eigenvalue weighted by Gasteiger charge is 2.37. The molecule has 1 unspecified atom stereocenters. The van der Waals surface area contributed by atoms with Gasteiger partial charge in [0.05, 0.1) is 6.07 Å². The molecule has 13 heavy (non-hydrogen) atoms. The number of rotatable bonds is 3. The van der Waals surface area contributed by atoms with Gasteiger partial charge in [0.2, 0.25) is 0 Å². The quantitative estimate of drug-likeness (QED) is 0.724. The van der Waals surface area contributed by atoms with E-state index in [0.717, 1.165) is 0 Å². The summed E-state index contributed by atoms with van der Waals surface area (Å²) in [6.07, 6.45) is 4.97. The second-order valence-corrected chi connectivity index (χ2v) is 4.74. The lowest BCUT2D eigenvalue weighted by molar-refractivity contribution is 0.253. The molecular weight excluding hydrogens is 160 g/mol. The first-order valence-corrected chi connectivity index (χ1v) is 5.24. The minimum atomic E-state index is 0.0370. The SMILES string of the molecule is CC(C)NC(C#N)C1(C)CCCC1. The third kappa shape index (κ3) is 2.45. The lowest BCUT2D eigenvalue weighted by atomic mass is 9.81. The molecular formula is C11H20N2. The maximum Gasteiger partial charge on any atom is 0.101 e. The van der Waals surface area contributed by atoms with E-state index in [1.54, 1.807) is 0 Å². The second kappa shape index (κ2) is 4.11. The zero-order chi connectivity index (χ0) is 9.90. The van der Waals surface area contributed by atoms with Gasteiger partial charge in [-0.1, -0.05) is 19.8 Å². The molecule has 0 saturated heterocycles. The lowest BCUT2D eigenvalue weighted by Crippen LogP contribution is -2.44. The van der Waals surface area contributed by atoms with Crippen molar-refractivity contribution in [2.45, 2.75) is 58.5 Å². The van der Waals surface area contributed by atoms with Crippen molar-refractivity contribution < 1.29 is 0 Å². The molecule has 0 aromatic rings. The molecule has 0 aromatic carbocycles. The van der Waals surface area contributed by atoms with Crippen LogP contribution in [0, 0.1) is 16.7 Å². The molecule has 1 aliphatic rings. The van der Waals surface area contributed by atoms with Crippen LogP contribution < -0.4 is 5.32 Å². The summed E-state index contributed by atoms with van der Waals surface area (Å²) in [5.74, 6) is 0. The van der Waals surface area contributed by atoms with Gasteiger partial charge in [-0.25, -0.2) is 0 Å². The Labute approximate surface area is 81.3 Å². The van der Waals surface area contributed by atoms with Crippen LogP contribution in [0.3, 0.4) is 0 Å². The van der Waals surface area contributed by atoms with E-state index >= 15 is 0 Å². The molecule has 74 valence electrons. The number of hydrogen-bond acceptors (Lipinski definition) is 2. The zero-order valence-corrected chi connectivity index (χ0v) is 8.93. The smallest absolute Gasteiger partial charge is 0.101 e. The van der Waals surface area contributed by atoms with Crippen molar-refractivity contribution in [1.29, 1.82) is 5.26 Å². The Kier molecular flexibility index (Phi) is 3.33. The van der Waals surface area contributed by atoms with Gasteiger partial charge in [-0.05, 0) is 32.1 Å². The van der Waals surface area contributed by atoms with Crippen LogP contribution in [0.25, 0.3) is 0 Å². The van der Waals surface area contributed by atoms with Crippen LogP contribution in [0.2, 0.25) is 0 Å². The van der Waals surface area contributed by atoms with E-state index < -0.39 is 0 Å². The van der Waals surface area contributed by atoms with E-state index in [2.05, 4.69) is 32.2 Å². The molecule has 2 heteroatoms. The van der Waals surface area contributed by atoms with Crippen molar-refractivity contribution in [2.24, 2.45) is 5.41 Å². The molecule has 0 heterocycles. The van der Waals surface area contributed by atoms with Gasteiger partial charge in [-0.15, -0.1) is 0 Å². The summed E-state index contributed by atoms with van der Waals surface area (Å²) in [4.78, 5) is 0. The Morgan fingerprint density at radius 2 is 1.85 bits per heavy atom. The second-order valence-electron chi connectivity index (χ2n) is 4.74. The molecule has 1 N–H and O–H groups in total. The van der Waals surface area contributed by atoms with Crippen molar-refractivity contribution in [2.75, 3.05) is 0 Å². The Morgan fingerprint density at radius 1 is 1.31 bits per heavy atom. The largest absolute Gasteiger partial charge is 0.299 e. The molecule has 1 atom stereocenters. The van der Waals surface area contributed by atoms with Gasteiger partial charge in [0.15, 0.2) is 0 Å². The molecule has 0 aliphatic heterocycles. The molecule has 1 aliphatic carbocycles. The van der Waals surface area contributed by atoms with Gasteiger partial charge >= 0.3 is 0 Å². The number of hydrogen-bond donors (Lipinski definition) is 1. The molecule has 1 rings (SSSR count). The first-order chi connectivity index (χ1) is 6.08. The fourth-order valence-electron chi connectivity index (χ4n) is 2.20. The fourth-order valence-corrected chi connectivity index (χ4v) is 2.20. The van der Waals surface area contributed by atoms with E-state index in [9.17, 15) is 0 Å². The third-order valence-electron chi connectivity index (χ3n) is 3.07. The summed E-state index contributed by atoms with van der Waals surface area (Å²) < 4.78 is 0. The first kappa shape index (κ1) is 10.5. The van der Waals surface area contributed by atoms with E-state index in [0.29, 0.717) is 6.04 Å². The van der Waals surface area contributed by atoms with Crippen molar-refractivity contribution in [3.8, 4) is 6.07 Å². The summed E-state index contributed by atoms with van der Waals surface area (Å²) in [6.45, 7) is 6.44. The summed E-state index contributed by atoms with van der Waals surface area (Å²) in [5.41, 5.74) is 0.221. The normalized spacial score (nSPS) is 23.0. The molecule has 1 fully saturated rings. The number of nitriles is 1. The molecule has 0 spiro atoms. The standard InChI is InChI=1S/C11H20N2/c1-9(2)13-10(8-12)11(3)6-4-5-7-11/h9-10,13H,4-7H2,1-3H3. The Hall–Kier alpha value is -0.550. The summed E-state index contributed by atoms with van der Waals surface area (Å²) in [7, 11) is 0. The molecule has 2 nitrogen and oxygen atoms in total. The molecule has 0 amide bonds. The maximum atomic E-state index is 9.09. The van der Waals surface area contributed by atoms with E-state index in [1.165, 1.54) is 25.7 Å². The van der Waals surface area contributed by atoms with Gasteiger partial charge < -0.3 is 0 Å². The van der Waals surface area contributed by atoms with Gasteiger partial charge in [-0.2, -0.15) is 5.26 Å². The van der Waals surface area contributed by atoms with Crippen molar-refractivity contribution in [3.63, 3.8) is 0 Å². The Morgan fingerprint density at radius 3 is 2.23 bits per heavy atom. The van der Waals surface area contributed by atoms with Crippen LogP contribution in [0.15, 0.2) is 0 Å².